The Morgan fingerprint density at radius 3 is 2.74 bits per heavy atom. The van der Waals surface area contributed by atoms with E-state index in [1.54, 1.807) is 0 Å². The van der Waals surface area contributed by atoms with E-state index in [0.29, 0.717) is 10.5 Å². The molecule has 23 heavy (non-hydrogen) atoms. The molecule has 0 fully saturated rings. The van der Waals surface area contributed by atoms with Gasteiger partial charge in [0.25, 0.3) is 5.78 Å². The fraction of sp³-hybridized carbons (Fsp3) is 0.353. The summed E-state index contributed by atoms with van der Waals surface area (Å²) in [7, 11) is 0. The first-order valence-electron chi connectivity index (χ1n) is 7.85. The second kappa shape index (κ2) is 5.54. The van der Waals surface area contributed by atoms with Gasteiger partial charge in [0.1, 0.15) is 0 Å². The molecular weight excluding hydrogens is 306 g/mol. The lowest BCUT2D eigenvalue weighted by Crippen LogP contribution is -2.33. The summed E-state index contributed by atoms with van der Waals surface area (Å²) in [4.78, 5) is 11.3. The Morgan fingerprint density at radius 2 is 1.91 bits per heavy atom. The number of rotatable bonds is 2. The molecule has 0 aliphatic carbocycles. The Labute approximate surface area is 140 Å². The van der Waals surface area contributed by atoms with E-state index < -0.39 is 0 Å². The predicted molar refractivity (Wildman–Crippen MR) is 91.8 cm³/mol. The van der Waals surface area contributed by atoms with E-state index in [0.717, 1.165) is 37.6 Å². The third kappa shape index (κ3) is 2.58. The molecule has 6 heteroatoms. The fourth-order valence-corrected chi connectivity index (χ4v) is 3.57. The van der Waals surface area contributed by atoms with Crippen LogP contribution in [0.3, 0.4) is 0 Å². The van der Waals surface area contributed by atoms with Gasteiger partial charge in [0, 0.05) is 24.5 Å². The van der Waals surface area contributed by atoms with Gasteiger partial charge in [0.15, 0.2) is 0 Å². The highest BCUT2D eigenvalue weighted by Crippen LogP contribution is 2.19. The van der Waals surface area contributed by atoms with Crippen molar-refractivity contribution in [2.75, 3.05) is 6.54 Å². The van der Waals surface area contributed by atoms with Gasteiger partial charge in [-0.1, -0.05) is 24.3 Å². The van der Waals surface area contributed by atoms with E-state index >= 15 is 0 Å². The maximum absolute atomic E-state index is 5.47. The number of aromatic nitrogens is 4. The smallest absolute Gasteiger partial charge is 0.252 e. The lowest BCUT2D eigenvalue weighted by Gasteiger charge is -2.29. The Morgan fingerprint density at radius 1 is 1.13 bits per heavy atom. The largest absolute Gasteiger partial charge is 0.280 e. The maximum atomic E-state index is 5.47. The molecule has 1 aliphatic rings. The summed E-state index contributed by atoms with van der Waals surface area (Å²) >= 11 is 5.47. The number of hydrogen-bond donors (Lipinski definition) is 0. The number of fused-ring (bicyclic) bond motifs is 2. The molecule has 0 saturated carbocycles. The molecular formula is C17H19N5S. The van der Waals surface area contributed by atoms with Gasteiger partial charge in [-0.2, -0.15) is 4.98 Å². The van der Waals surface area contributed by atoms with E-state index in [2.05, 4.69) is 52.1 Å². The van der Waals surface area contributed by atoms with Gasteiger partial charge in [-0.15, -0.1) is 0 Å². The van der Waals surface area contributed by atoms with Gasteiger partial charge in [0.05, 0.1) is 6.67 Å². The number of nitrogens with zero attached hydrogens (tertiary/aromatic N) is 5. The maximum Gasteiger partial charge on any atom is 0.252 e. The lowest BCUT2D eigenvalue weighted by atomic mass is 10.0. The van der Waals surface area contributed by atoms with Crippen molar-refractivity contribution in [3.8, 4) is 0 Å². The number of benzene rings is 1. The Hall–Kier alpha value is -2.05. The average Bonchev–Trinajstić information content (AvgIpc) is 2.83. The molecule has 0 unspecified atom stereocenters. The van der Waals surface area contributed by atoms with E-state index in [1.165, 1.54) is 11.1 Å². The van der Waals surface area contributed by atoms with Crippen LogP contribution in [0.1, 0.15) is 22.5 Å². The van der Waals surface area contributed by atoms with E-state index in [-0.39, 0.29) is 0 Å². The summed E-state index contributed by atoms with van der Waals surface area (Å²) in [6.07, 6.45) is 1.08. The second-order valence-electron chi connectivity index (χ2n) is 6.16. The zero-order valence-corrected chi connectivity index (χ0v) is 14.2. The van der Waals surface area contributed by atoms with Crippen LogP contribution in [-0.4, -0.2) is 30.6 Å². The van der Waals surface area contributed by atoms with Crippen molar-refractivity contribution in [3.63, 3.8) is 0 Å². The standard InChI is InChI=1S/C17H19N5S/c1-12-9-13(2)22-16(18-12)19-17(23)21(22)11-20-8-7-14-5-3-4-6-15(14)10-20/h3-6,9H,7-8,10-11H2,1-2H3. The molecule has 2 aromatic heterocycles. The van der Waals surface area contributed by atoms with Gasteiger partial charge >= 0.3 is 0 Å². The van der Waals surface area contributed by atoms with Crippen LogP contribution in [0.25, 0.3) is 5.78 Å². The van der Waals surface area contributed by atoms with E-state index in [9.17, 15) is 0 Å². The van der Waals surface area contributed by atoms with Crippen molar-refractivity contribution in [1.29, 1.82) is 0 Å². The van der Waals surface area contributed by atoms with Crippen molar-refractivity contribution >= 4 is 18.0 Å². The minimum atomic E-state index is 0.588. The van der Waals surface area contributed by atoms with Gasteiger partial charge in [-0.05, 0) is 49.7 Å². The quantitative estimate of drug-likeness (QED) is 0.679. The molecule has 0 atom stereocenters. The molecule has 3 heterocycles. The summed E-state index contributed by atoms with van der Waals surface area (Å²) in [5.41, 5.74) is 4.94. The van der Waals surface area contributed by atoms with Crippen molar-refractivity contribution in [2.45, 2.75) is 33.5 Å². The molecule has 0 spiro atoms. The molecule has 0 bridgehead atoms. The summed E-state index contributed by atoms with van der Waals surface area (Å²) < 4.78 is 4.65. The fourth-order valence-electron chi connectivity index (χ4n) is 3.35. The first-order valence-corrected chi connectivity index (χ1v) is 8.25. The Balaban J connectivity index is 1.69. The molecule has 0 N–H and O–H groups in total. The summed E-state index contributed by atoms with van der Waals surface area (Å²) in [6.45, 7) is 6.77. The molecule has 0 saturated heterocycles. The Kier molecular flexibility index (Phi) is 3.50. The Bertz CT molecular complexity index is 940. The third-order valence-corrected chi connectivity index (χ3v) is 4.72. The zero-order valence-electron chi connectivity index (χ0n) is 13.4. The highest BCUT2D eigenvalue weighted by Gasteiger charge is 2.18. The van der Waals surface area contributed by atoms with Gasteiger partial charge < -0.3 is 0 Å². The second-order valence-corrected chi connectivity index (χ2v) is 6.52. The van der Waals surface area contributed by atoms with Crippen molar-refractivity contribution in [1.82, 2.24) is 24.1 Å². The van der Waals surface area contributed by atoms with Crippen LogP contribution in [0.15, 0.2) is 30.3 Å². The van der Waals surface area contributed by atoms with Crippen molar-refractivity contribution in [3.05, 3.63) is 57.6 Å². The van der Waals surface area contributed by atoms with Gasteiger partial charge in [-0.3, -0.25) is 4.90 Å². The normalized spacial score (nSPS) is 15.0. The summed E-state index contributed by atoms with van der Waals surface area (Å²) in [5.74, 6) is 0.685. The van der Waals surface area contributed by atoms with Crippen LogP contribution in [0.2, 0.25) is 0 Å². The van der Waals surface area contributed by atoms with Crippen LogP contribution in [-0.2, 0) is 19.6 Å². The van der Waals surface area contributed by atoms with Crippen LogP contribution in [0, 0.1) is 18.6 Å². The summed E-state index contributed by atoms with van der Waals surface area (Å²) in [6, 6.07) is 10.7. The number of hydrogen-bond acceptors (Lipinski definition) is 4. The minimum Gasteiger partial charge on any atom is -0.280 e. The molecule has 1 aromatic carbocycles. The molecule has 5 nitrogen and oxygen atoms in total. The SMILES string of the molecule is Cc1cc(C)n2c(n1)nc(=S)n2CN1CCc2ccccc2C1. The van der Waals surface area contributed by atoms with Crippen LogP contribution in [0.4, 0.5) is 0 Å². The minimum absolute atomic E-state index is 0.588. The monoisotopic (exact) mass is 325 g/mol. The number of aryl methyl sites for hydroxylation is 2. The van der Waals surface area contributed by atoms with Gasteiger partial charge in [-0.25, -0.2) is 14.2 Å². The van der Waals surface area contributed by atoms with Crippen molar-refractivity contribution in [2.24, 2.45) is 0 Å². The highest BCUT2D eigenvalue weighted by molar-refractivity contribution is 7.71. The first-order chi connectivity index (χ1) is 11.1. The lowest BCUT2D eigenvalue weighted by molar-refractivity contribution is 0.184. The molecule has 0 amide bonds. The molecule has 118 valence electrons. The van der Waals surface area contributed by atoms with E-state index in [1.807, 2.05) is 16.1 Å². The van der Waals surface area contributed by atoms with Gasteiger partial charge in [0.2, 0.25) is 4.77 Å². The topological polar surface area (TPSA) is 38.4 Å². The summed E-state index contributed by atoms with van der Waals surface area (Å²) in [5, 5.41) is 0. The van der Waals surface area contributed by atoms with Crippen LogP contribution >= 0.6 is 12.2 Å². The van der Waals surface area contributed by atoms with Crippen molar-refractivity contribution < 1.29 is 0 Å². The van der Waals surface area contributed by atoms with Crippen LogP contribution in [0.5, 0.6) is 0 Å². The molecule has 1 aliphatic heterocycles. The highest BCUT2D eigenvalue weighted by atomic mass is 32.1. The van der Waals surface area contributed by atoms with E-state index in [4.69, 9.17) is 12.2 Å². The molecule has 4 rings (SSSR count). The molecule has 0 radical (unpaired) electrons. The van der Waals surface area contributed by atoms with Crippen LogP contribution < -0.4 is 0 Å². The molecule has 3 aromatic rings. The third-order valence-electron chi connectivity index (χ3n) is 4.42. The predicted octanol–water partition coefficient (Wildman–Crippen LogP) is 2.89. The first kappa shape index (κ1) is 14.5. The average molecular weight is 325 g/mol. The zero-order chi connectivity index (χ0) is 16.0.